The van der Waals surface area contributed by atoms with Crippen molar-refractivity contribution in [1.29, 1.82) is 0 Å². The van der Waals surface area contributed by atoms with E-state index in [1.54, 1.807) is 146 Å². The maximum atomic E-state index is 13.8. The zero-order valence-corrected chi connectivity index (χ0v) is 68.2. The zero-order valence-electron chi connectivity index (χ0n) is 68.2. The molecule has 4 aromatic carbocycles. The van der Waals surface area contributed by atoms with E-state index in [4.69, 9.17) is 9.97 Å². The maximum absolute atomic E-state index is 13.8. The normalized spacial score (nSPS) is 11.7. The van der Waals surface area contributed by atoms with E-state index in [-0.39, 0.29) is 75.1 Å². The number of H-pyrrole nitrogens is 2. The Kier molecular flexibility index (Phi) is 34.6. The van der Waals surface area contributed by atoms with E-state index < -0.39 is 200 Å². The third kappa shape index (κ3) is 30.6. The summed E-state index contributed by atoms with van der Waals surface area (Å²) in [4.78, 5) is 223. The van der Waals surface area contributed by atoms with Crippen molar-refractivity contribution < 1.29 is 138 Å². The Bertz CT molecular complexity index is 4870. The molecule has 674 valence electrons. The third-order valence-electron chi connectivity index (χ3n) is 19.3. The number of anilines is 4. The molecule has 0 fully saturated rings. The van der Waals surface area contributed by atoms with E-state index in [2.05, 4.69) is 31.2 Å². The second kappa shape index (κ2) is 45.9. The molecule has 2 aliphatic heterocycles. The van der Waals surface area contributed by atoms with Crippen LogP contribution in [0.5, 0.6) is 0 Å². The number of hydrogen-bond acceptors (Lipinski definition) is 26. The summed E-state index contributed by atoms with van der Waals surface area (Å²) in [5.41, 5.74) is 7.82. The van der Waals surface area contributed by atoms with Gasteiger partial charge in [0, 0.05) is 119 Å². The number of hydrogen-bond donors (Lipinski definition) is 18. The van der Waals surface area contributed by atoms with Gasteiger partial charge < -0.3 is 92.5 Å². The van der Waals surface area contributed by atoms with Gasteiger partial charge in [-0.05, 0) is 119 Å². The van der Waals surface area contributed by atoms with Crippen LogP contribution in [0.15, 0.2) is 121 Å². The van der Waals surface area contributed by atoms with E-state index >= 15 is 0 Å². The molecular formula is C84H90N16O28. The molecule has 9 rings (SSSR count). The van der Waals surface area contributed by atoms with Crippen LogP contribution in [-0.4, -0.2) is 373 Å². The number of aliphatic carboxylic acids is 12. The van der Waals surface area contributed by atoms with E-state index in [0.29, 0.717) is 89.4 Å². The van der Waals surface area contributed by atoms with Crippen LogP contribution in [0.25, 0.3) is 90.9 Å². The van der Waals surface area contributed by atoms with Gasteiger partial charge in [0.05, 0.1) is 127 Å². The largest absolute Gasteiger partial charge is 0.480 e. The number of nitrogens with one attached hydrogen (secondary N) is 6. The Morgan fingerprint density at radius 2 is 0.352 bits per heavy atom. The first-order chi connectivity index (χ1) is 60.8. The highest BCUT2D eigenvalue weighted by atomic mass is 16.4. The molecule has 5 heterocycles. The van der Waals surface area contributed by atoms with Crippen molar-refractivity contribution in [1.82, 2.24) is 59.1 Å². The number of carbonyl (C=O) groups is 16. The van der Waals surface area contributed by atoms with Gasteiger partial charge in [-0.25, -0.2) is 9.97 Å². The highest BCUT2D eigenvalue weighted by molar-refractivity contribution is 6.02. The molecule has 44 nitrogen and oxygen atoms in total. The van der Waals surface area contributed by atoms with Crippen LogP contribution in [0, 0.1) is 0 Å². The summed E-state index contributed by atoms with van der Waals surface area (Å²) in [6, 6.07) is 33.0. The van der Waals surface area contributed by atoms with Gasteiger partial charge >= 0.3 is 71.6 Å². The minimum absolute atomic E-state index is 0.218. The standard InChI is InChI=1S/C84H90N16O28/c101-65(33-93(37-69(105)106)25-29-97(41-73(113)114)42-74(115)116)85-53-9-1-49(2-10-53)81-57-17-19-59(89-57)82(50-3-11-54(12-4-50)86-66(102)34-94(38-70(107)108)26-30-98(43-75(117)118)44-76(119)120)61-21-23-63(91-61)84(52-7-15-56(16-8-52)88-68(104)36-96(40-72(111)112)28-32-100(47-79(125)126)48-80(127)128)64-24-22-62(92-64)83(60-20-18-58(81)90-60)51-5-13-55(14-6-51)87-67(103)35-95(39-71(109)110)27-31-99(45-77(121)122)46-78(123)124/h1-24,89,92H,25-48H2,(H,85,101)(H,86,102)(H,87,103)(H,88,104)(H,105,106)(H,107,108)(H,109,110)(H,111,112)(H,113,114)(H,115,116)(H,117,118)(H,119,120)(H,121,122)(H,123,124)(H,125,126)(H,127,128). The molecule has 8 bridgehead atoms. The number of rotatable bonds is 52. The number of fused-ring (bicyclic) bond motifs is 8. The number of aromatic amines is 2. The van der Waals surface area contributed by atoms with Crippen LogP contribution in [0.3, 0.4) is 0 Å². The van der Waals surface area contributed by atoms with E-state index in [1.807, 2.05) is 0 Å². The van der Waals surface area contributed by atoms with Crippen LogP contribution in [-0.2, 0) is 76.7 Å². The number of carboxylic acids is 12. The van der Waals surface area contributed by atoms with Crippen LogP contribution >= 0.6 is 0 Å². The molecule has 4 amide bonds. The van der Waals surface area contributed by atoms with Crippen molar-refractivity contribution in [2.45, 2.75) is 0 Å². The summed E-state index contributed by atoms with van der Waals surface area (Å²) in [5, 5.41) is 125. The van der Waals surface area contributed by atoms with Crippen molar-refractivity contribution >= 4 is 164 Å². The Labute approximate surface area is 725 Å². The van der Waals surface area contributed by atoms with E-state index in [1.165, 1.54) is 19.6 Å². The average molecular weight is 1770 g/mol. The van der Waals surface area contributed by atoms with Crippen molar-refractivity contribution in [3.8, 4) is 44.5 Å². The predicted molar refractivity (Wildman–Crippen MR) is 458 cm³/mol. The summed E-state index contributed by atoms with van der Waals surface area (Å²) < 4.78 is 0. The number of nitrogens with zero attached hydrogens (tertiary/aromatic N) is 10. The van der Waals surface area contributed by atoms with Gasteiger partial charge in [0.1, 0.15) is 0 Å². The molecule has 0 saturated heterocycles. The van der Waals surface area contributed by atoms with Crippen LogP contribution in [0.4, 0.5) is 22.7 Å². The zero-order chi connectivity index (χ0) is 93.0. The number of aromatic nitrogens is 4. The molecular weight excluding hydrogens is 1680 g/mol. The lowest BCUT2D eigenvalue weighted by atomic mass is 10.0. The average Bonchev–Trinajstić information content (AvgIpc) is 1.61. The van der Waals surface area contributed by atoms with Crippen molar-refractivity contribution in [3.63, 3.8) is 0 Å². The fraction of sp³-hybridized carbons (Fsp3) is 0.286. The molecule has 0 spiro atoms. The fourth-order valence-electron chi connectivity index (χ4n) is 14.1. The molecule has 18 N–H and O–H groups in total. The SMILES string of the molecule is O=C(O)CN(CCN(CC(=O)O)CC(=O)Nc1ccc(-c2c3nc(c(-c4ccc(NC(=O)CN(CCN(CC(=O)O)CC(=O)O)CC(=O)O)cc4)c4ccc([nH]4)c(-c4ccc(NC(=O)CN(CCN(CC(=O)O)CC(=O)O)CC(=O)O)cc4)c4nc(c(-c5ccc(NC(=O)CN(CCN(CC(=O)O)CC(=O)O)CC(=O)O)cc5)c5ccc2[nH]5)C=C4)C=C3)cc1)CC(=O)O. The van der Waals surface area contributed by atoms with Crippen molar-refractivity contribution in [3.05, 3.63) is 144 Å². The molecule has 3 aromatic heterocycles. The smallest absolute Gasteiger partial charge is 0.317 e. The highest BCUT2D eigenvalue weighted by Gasteiger charge is 2.27. The maximum Gasteiger partial charge on any atom is 0.317 e. The molecule has 7 aromatic rings. The molecule has 0 aliphatic carbocycles. The first-order valence-corrected chi connectivity index (χ1v) is 39.0. The summed E-state index contributed by atoms with van der Waals surface area (Å²) in [7, 11) is 0. The van der Waals surface area contributed by atoms with Crippen LogP contribution < -0.4 is 21.3 Å². The Morgan fingerprint density at radius 3 is 0.492 bits per heavy atom. The topological polar surface area (TPSA) is 647 Å². The quantitative estimate of drug-likeness (QED) is 0.0260. The lowest BCUT2D eigenvalue weighted by molar-refractivity contribution is -0.144. The number of benzene rings is 4. The predicted octanol–water partition coefficient (Wildman–Crippen LogP) is 2.51. The minimum atomic E-state index is -1.34. The monoisotopic (exact) mass is 1770 g/mol. The lowest BCUT2D eigenvalue weighted by Gasteiger charge is -2.24. The number of carbonyl (C=O) groups excluding carboxylic acids is 4. The van der Waals surface area contributed by atoms with Gasteiger partial charge in [-0.1, -0.05) is 48.5 Å². The molecule has 44 heteroatoms. The van der Waals surface area contributed by atoms with Gasteiger partial charge in [0.15, 0.2) is 0 Å². The summed E-state index contributed by atoms with van der Waals surface area (Å²) in [6.07, 6.45) is 6.96. The third-order valence-corrected chi connectivity index (χ3v) is 19.3. The Hall–Kier alpha value is -15.3. The minimum Gasteiger partial charge on any atom is -0.480 e. The van der Waals surface area contributed by atoms with E-state index in [9.17, 15) is 138 Å². The number of amides is 4. The molecule has 2 aliphatic rings. The van der Waals surface area contributed by atoms with Gasteiger partial charge in [-0.15, -0.1) is 0 Å². The lowest BCUT2D eigenvalue weighted by Crippen LogP contribution is -2.44. The first kappa shape index (κ1) is 96.5. The molecule has 0 unspecified atom stereocenters. The van der Waals surface area contributed by atoms with Crippen molar-refractivity contribution in [2.75, 3.05) is 178 Å². The van der Waals surface area contributed by atoms with Crippen LogP contribution in [0.2, 0.25) is 0 Å². The highest BCUT2D eigenvalue weighted by Crippen LogP contribution is 2.40. The van der Waals surface area contributed by atoms with Crippen LogP contribution in [0.1, 0.15) is 22.8 Å². The molecule has 0 atom stereocenters. The summed E-state index contributed by atoms with van der Waals surface area (Å²) >= 11 is 0. The molecule has 128 heavy (non-hydrogen) atoms. The second-order valence-corrected chi connectivity index (χ2v) is 29.4. The second-order valence-electron chi connectivity index (χ2n) is 29.4. The first-order valence-electron chi connectivity index (χ1n) is 39.0. The summed E-state index contributed by atoms with van der Waals surface area (Å²) in [6.45, 7) is -12.0. The Morgan fingerprint density at radius 1 is 0.211 bits per heavy atom. The van der Waals surface area contributed by atoms with Gasteiger partial charge in [-0.2, -0.15) is 0 Å². The van der Waals surface area contributed by atoms with Gasteiger partial charge in [0.2, 0.25) is 23.6 Å². The summed E-state index contributed by atoms with van der Waals surface area (Å²) in [5.74, 6) is -18.8. The molecule has 0 radical (unpaired) electrons. The van der Waals surface area contributed by atoms with Gasteiger partial charge in [-0.3, -0.25) is 116 Å². The van der Waals surface area contributed by atoms with E-state index in [0.717, 1.165) is 19.6 Å². The Balaban J connectivity index is 1.19. The van der Waals surface area contributed by atoms with Gasteiger partial charge in [0.25, 0.3) is 0 Å². The number of carboxylic acid groups (broad SMARTS) is 12. The van der Waals surface area contributed by atoms with Crippen molar-refractivity contribution in [2.24, 2.45) is 0 Å². The fourth-order valence-corrected chi connectivity index (χ4v) is 14.1. The molecule has 0 saturated carbocycles.